The second-order valence-electron chi connectivity index (χ2n) is 6.20. The predicted octanol–water partition coefficient (Wildman–Crippen LogP) is 2.25. The van der Waals surface area contributed by atoms with E-state index >= 15 is 0 Å². The Morgan fingerprint density at radius 1 is 1.43 bits per heavy atom. The van der Waals surface area contributed by atoms with Gasteiger partial charge in [-0.3, -0.25) is 9.48 Å². The lowest BCUT2D eigenvalue weighted by atomic mass is 9.99. The fourth-order valence-electron chi connectivity index (χ4n) is 2.66. The van der Waals surface area contributed by atoms with Crippen LogP contribution in [0.25, 0.3) is 0 Å². The summed E-state index contributed by atoms with van der Waals surface area (Å²) in [6.07, 6.45) is 0.530. The zero-order chi connectivity index (χ0) is 15.8. The van der Waals surface area contributed by atoms with Gasteiger partial charge in [0.1, 0.15) is 0 Å². The highest BCUT2D eigenvalue weighted by atomic mass is 16.7. The van der Waals surface area contributed by atoms with Crippen molar-refractivity contribution in [2.75, 3.05) is 0 Å². The molecule has 1 aromatic heterocycles. The first-order valence-electron chi connectivity index (χ1n) is 7.29. The van der Waals surface area contributed by atoms with Crippen LogP contribution in [0.2, 0.25) is 0 Å². The number of carbonyl (C=O) groups is 1. The molecular weight excluding hydrogens is 268 g/mol. The third-order valence-electron chi connectivity index (χ3n) is 3.87. The topological polar surface area (TPSA) is 68.5 Å². The summed E-state index contributed by atoms with van der Waals surface area (Å²) >= 11 is 0. The molecule has 0 saturated carbocycles. The normalized spacial score (nSPS) is 21.4. The molecule has 116 valence electrons. The standard InChI is InChI=1S/C15H24N4O2/c1-9(2)19-12(5)13(11(4)17-19)8-16-14(20)15(6)7-10(3)18-21-15/h9H,7-8H2,1-6H3,(H,16,20)/t15-/m1/s1. The van der Waals surface area contributed by atoms with Gasteiger partial charge < -0.3 is 10.2 Å². The molecule has 2 heterocycles. The van der Waals surface area contributed by atoms with Crippen LogP contribution in [-0.4, -0.2) is 27.0 Å². The first-order valence-corrected chi connectivity index (χ1v) is 7.29. The van der Waals surface area contributed by atoms with Crippen LogP contribution in [0.1, 0.15) is 57.1 Å². The third-order valence-corrected chi connectivity index (χ3v) is 3.87. The number of nitrogens with one attached hydrogen (secondary N) is 1. The van der Waals surface area contributed by atoms with E-state index < -0.39 is 5.60 Å². The Bertz CT molecular complexity index is 589. The Labute approximate surface area is 125 Å². The van der Waals surface area contributed by atoms with E-state index in [2.05, 4.69) is 29.4 Å². The van der Waals surface area contributed by atoms with Gasteiger partial charge >= 0.3 is 0 Å². The molecule has 2 rings (SSSR count). The third kappa shape index (κ3) is 2.94. The lowest BCUT2D eigenvalue weighted by Crippen LogP contribution is -2.44. The second kappa shape index (κ2) is 5.50. The average molecular weight is 292 g/mol. The number of rotatable bonds is 4. The van der Waals surface area contributed by atoms with Gasteiger partial charge in [0.05, 0.1) is 11.4 Å². The van der Waals surface area contributed by atoms with Crippen molar-refractivity contribution in [1.29, 1.82) is 0 Å². The summed E-state index contributed by atoms with van der Waals surface area (Å²) in [5, 5.41) is 11.3. The molecule has 0 aromatic carbocycles. The van der Waals surface area contributed by atoms with Crippen molar-refractivity contribution in [3.63, 3.8) is 0 Å². The summed E-state index contributed by atoms with van der Waals surface area (Å²) in [5.74, 6) is -0.140. The largest absolute Gasteiger partial charge is 0.379 e. The number of amides is 1. The first-order chi connectivity index (χ1) is 9.74. The van der Waals surface area contributed by atoms with Crippen LogP contribution in [0.4, 0.5) is 0 Å². The van der Waals surface area contributed by atoms with E-state index in [1.54, 1.807) is 6.92 Å². The van der Waals surface area contributed by atoms with Gasteiger partial charge in [-0.15, -0.1) is 0 Å². The zero-order valence-electron chi connectivity index (χ0n) is 13.6. The molecule has 0 unspecified atom stereocenters. The maximum atomic E-state index is 12.3. The average Bonchev–Trinajstić information content (AvgIpc) is 2.89. The zero-order valence-corrected chi connectivity index (χ0v) is 13.6. The SMILES string of the molecule is CC1=NO[C@@](C)(C(=O)NCc2c(C)nn(C(C)C)c2C)C1. The monoisotopic (exact) mass is 292 g/mol. The van der Waals surface area contributed by atoms with Crippen molar-refractivity contribution in [3.05, 3.63) is 17.0 Å². The van der Waals surface area contributed by atoms with E-state index in [1.165, 1.54) is 0 Å². The number of hydrogen-bond acceptors (Lipinski definition) is 4. The van der Waals surface area contributed by atoms with Gasteiger partial charge in [-0.2, -0.15) is 5.10 Å². The molecule has 0 fully saturated rings. The number of aromatic nitrogens is 2. The lowest BCUT2D eigenvalue weighted by molar-refractivity contribution is -0.141. The lowest BCUT2D eigenvalue weighted by Gasteiger charge is -2.20. The van der Waals surface area contributed by atoms with Gasteiger partial charge in [0.2, 0.25) is 5.60 Å². The molecule has 1 aliphatic heterocycles. The van der Waals surface area contributed by atoms with Crippen LogP contribution in [0.5, 0.6) is 0 Å². The maximum Gasteiger partial charge on any atom is 0.267 e. The van der Waals surface area contributed by atoms with Gasteiger partial charge in [0.25, 0.3) is 5.91 Å². The molecule has 21 heavy (non-hydrogen) atoms. The number of carbonyl (C=O) groups excluding carboxylic acids is 1. The van der Waals surface area contributed by atoms with Gasteiger partial charge in [-0.05, 0) is 41.5 Å². The molecule has 1 amide bonds. The van der Waals surface area contributed by atoms with E-state index in [1.807, 2.05) is 25.5 Å². The molecule has 0 radical (unpaired) electrons. The van der Waals surface area contributed by atoms with Gasteiger partial charge in [-0.1, -0.05) is 5.16 Å². The second-order valence-corrected chi connectivity index (χ2v) is 6.20. The minimum absolute atomic E-state index is 0.140. The number of oxime groups is 1. The Hall–Kier alpha value is -1.85. The summed E-state index contributed by atoms with van der Waals surface area (Å²) in [5.41, 5.74) is 3.06. The summed E-state index contributed by atoms with van der Waals surface area (Å²) in [6.45, 7) is 12.3. The van der Waals surface area contributed by atoms with Crippen LogP contribution in [0.3, 0.4) is 0 Å². The molecule has 1 N–H and O–H groups in total. The molecule has 1 aliphatic rings. The molecular formula is C15H24N4O2. The first kappa shape index (κ1) is 15.5. The number of aryl methyl sites for hydroxylation is 1. The van der Waals surface area contributed by atoms with Crippen LogP contribution in [0.15, 0.2) is 5.16 Å². The molecule has 0 aliphatic carbocycles. The highest BCUT2D eigenvalue weighted by Gasteiger charge is 2.40. The van der Waals surface area contributed by atoms with Crippen molar-refractivity contribution in [1.82, 2.24) is 15.1 Å². The van der Waals surface area contributed by atoms with Gasteiger partial charge in [-0.25, -0.2) is 0 Å². The van der Waals surface area contributed by atoms with Gasteiger partial charge in [0, 0.05) is 30.3 Å². The molecule has 0 saturated heterocycles. The summed E-state index contributed by atoms with van der Waals surface area (Å²) in [7, 11) is 0. The van der Waals surface area contributed by atoms with Crippen molar-refractivity contribution in [3.8, 4) is 0 Å². The van der Waals surface area contributed by atoms with Crippen molar-refractivity contribution in [2.24, 2.45) is 5.16 Å². The van der Waals surface area contributed by atoms with E-state index in [4.69, 9.17) is 4.84 Å². The summed E-state index contributed by atoms with van der Waals surface area (Å²) in [4.78, 5) is 17.6. The van der Waals surface area contributed by atoms with Crippen molar-refractivity contribution >= 4 is 11.6 Å². The Kier molecular flexibility index (Phi) is 4.07. The van der Waals surface area contributed by atoms with Crippen molar-refractivity contribution < 1.29 is 9.63 Å². The Morgan fingerprint density at radius 3 is 2.57 bits per heavy atom. The van der Waals surface area contributed by atoms with Crippen LogP contribution < -0.4 is 5.32 Å². The predicted molar refractivity (Wildman–Crippen MR) is 81.1 cm³/mol. The quantitative estimate of drug-likeness (QED) is 0.925. The van der Waals surface area contributed by atoms with Crippen LogP contribution >= 0.6 is 0 Å². The molecule has 1 atom stereocenters. The molecule has 0 bridgehead atoms. The highest BCUT2D eigenvalue weighted by Crippen LogP contribution is 2.24. The molecule has 6 nitrogen and oxygen atoms in total. The molecule has 1 aromatic rings. The number of hydrogen-bond donors (Lipinski definition) is 1. The minimum Gasteiger partial charge on any atom is -0.379 e. The summed E-state index contributed by atoms with van der Waals surface area (Å²) < 4.78 is 1.98. The fourth-order valence-corrected chi connectivity index (χ4v) is 2.66. The van der Waals surface area contributed by atoms with E-state index in [-0.39, 0.29) is 5.91 Å². The van der Waals surface area contributed by atoms with E-state index in [9.17, 15) is 4.79 Å². The molecule has 0 spiro atoms. The van der Waals surface area contributed by atoms with Crippen LogP contribution in [0, 0.1) is 13.8 Å². The van der Waals surface area contributed by atoms with Gasteiger partial charge in [0.15, 0.2) is 0 Å². The van der Waals surface area contributed by atoms with E-state index in [0.29, 0.717) is 19.0 Å². The van der Waals surface area contributed by atoms with E-state index in [0.717, 1.165) is 22.7 Å². The Balaban J connectivity index is 2.06. The molecule has 6 heteroatoms. The van der Waals surface area contributed by atoms with Crippen molar-refractivity contribution in [2.45, 2.75) is 66.2 Å². The smallest absolute Gasteiger partial charge is 0.267 e. The summed E-state index contributed by atoms with van der Waals surface area (Å²) in [6, 6.07) is 0.305. The minimum atomic E-state index is -0.889. The van der Waals surface area contributed by atoms with Crippen LogP contribution in [-0.2, 0) is 16.2 Å². The highest BCUT2D eigenvalue weighted by molar-refractivity contribution is 5.94. The maximum absolute atomic E-state index is 12.3. The Morgan fingerprint density at radius 2 is 2.10 bits per heavy atom. The number of nitrogens with zero attached hydrogens (tertiary/aromatic N) is 3. The fraction of sp³-hybridized carbons (Fsp3) is 0.667.